The highest BCUT2D eigenvalue weighted by Crippen LogP contribution is 2.41. The molecule has 1 aliphatic carbocycles. The van der Waals surface area contributed by atoms with Crippen molar-refractivity contribution in [1.82, 2.24) is 10.6 Å². The first-order chi connectivity index (χ1) is 11.4. The zero-order valence-corrected chi connectivity index (χ0v) is 15.8. The lowest BCUT2D eigenvalue weighted by molar-refractivity contribution is -0.127. The molecule has 25 heavy (non-hydrogen) atoms. The molecule has 0 bridgehead atoms. The highest BCUT2D eigenvalue weighted by atomic mass is 35.5. The van der Waals surface area contributed by atoms with Crippen molar-refractivity contribution in [2.24, 2.45) is 17.6 Å². The minimum Gasteiger partial charge on any atom is -0.497 e. The Balaban J connectivity index is 0.00000312. The molecule has 0 radical (unpaired) electrons. The fraction of sp³-hybridized carbons (Fsp3) is 0.556. The van der Waals surface area contributed by atoms with E-state index in [1.165, 1.54) is 0 Å². The van der Waals surface area contributed by atoms with Gasteiger partial charge in [-0.25, -0.2) is 0 Å². The topological polar surface area (TPSA) is 93.5 Å². The number of benzene rings is 1. The van der Waals surface area contributed by atoms with Crippen LogP contribution in [0.5, 0.6) is 5.75 Å². The van der Waals surface area contributed by atoms with Crippen molar-refractivity contribution in [3.8, 4) is 5.75 Å². The zero-order valence-electron chi connectivity index (χ0n) is 15.0. The van der Waals surface area contributed by atoms with E-state index >= 15 is 0 Å². The van der Waals surface area contributed by atoms with Crippen LogP contribution in [-0.4, -0.2) is 31.5 Å². The summed E-state index contributed by atoms with van der Waals surface area (Å²) in [6, 6.07) is 7.09. The monoisotopic (exact) mass is 369 g/mol. The van der Waals surface area contributed by atoms with Gasteiger partial charge < -0.3 is 21.1 Å². The number of carbonyl (C=O) groups excluding carboxylic acids is 2. The summed E-state index contributed by atoms with van der Waals surface area (Å²) >= 11 is 0. The molecule has 0 saturated heterocycles. The van der Waals surface area contributed by atoms with Gasteiger partial charge in [-0.2, -0.15) is 0 Å². The van der Waals surface area contributed by atoms with Gasteiger partial charge in [0.1, 0.15) is 5.75 Å². The number of amides is 2. The summed E-state index contributed by atoms with van der Waals surface area (Å²) in [5.74, 6) is 0.775. The molecule has 0 heterocycles. The molecule has 2 amide bonds. The van der Waals surface area contributed by atoms with E-state index in [1.54, 1.807) is 7.11 Å². The zero-order chi connectivity index (χ0) is 17.7. The fourth-order valence-corrected chi connectivity index (χ4v) is 2.53. The maximum Gasteiger partial charge on any atom is 0.239 e. The predicted octanol–water partition coefficient (Wildman–Crippen LogP) is 1.78. The number of nitrogens with one attached hydrogen (secondary N) is 2. The molecule has 6 nitrogen and oxygen atoms in total. The van der Waals surface area contributed by atoms with Gasteiger partial charge in [-0.15, -0.1) is 12.4 Å². The molecule has 1 aromatic rings. The van der Waals surface area contributed by atoms with E-state index < -0.39 is 6.04 Å². The second kappa shape index (κ2) is 9.63. The number of rotatable bonds is 8. The second-order valence-electron chi connectivity index (χ2n) is 6.64. The Morgan fingerprint density at radius 3 is 2.32 bits per heavy atom. The molecule has 1 unspecified atom stereocenters. The molecular weight excluding hydrogens is 342 g/mol. The third-order valence-electron chi connectivity index (χ3n) is 4.33. The summed E-state index contributed by atoms with van der Waals surface area (Å²) in [6.07, 6.45) is 2.20. The normalized spacial score (nSPS) is 15.7. The first kappa shape index (κ1) is 21.3. The number of carbonyl (C=O) groups is 2. The van der Waals surface area contributed by atoms with Gasteiger partial charge >= 0.3 is 0 Å². The smallest absolute Gasteiger partial charge is 0.239 e. The molecule has 2 atom stereocenters. The fourth-order valence-electron chi connectivity index (χ4n) is 2.53. The SMILES string of the molecule is COc1ccc(C(NC(=O)CNC(=O)[C@@H](N)C(C)C)C2CC2)cc1.Cl. The number of hydrogen-bond acceptors (Lipinski definition) is 4. The van der Waals surface area contributed by atoms with Gasteiger partial charge in [0.2, 0.25) is 11.8 Å². The molecule has 140 valence electrons. The van der Waals surface area contributed by atoms with E-state index in [4.69, 9.17) is 10.5 Å². The lowest BCUT2D eigenvalue weighted by Crippen LogP contribution is -2.47. The molecule has 0 spiro atoms. The van der Waals surface area contributed by atoms with Crippen LogP contribution in [0.4, 0.5) is 0 Å². The Morgan fingerprint density at radius 1 is 1.24 bits per heavy atom. The largest absolute Gasteiger partial charge is 0.497 e. The van der Waals surface area contributed by atoms with E-state index in [1.807, 2.05) is 38.1 Å². The molecule has 2 rings (SSSR count). The van der Waals surface area contributed by atoms with Crippen LogP contribution in [0.3, 0.4) is 0 Å². The predicted molar refractivity (Wildman–Crippen MR) is 99.7 cm³/mol. The minimum atomic E-state index is -0.599. The van der Waals surface area contributed by atoms with E-state index in [9.17, 15) is 9.59 Å². The van der Waals surface area contributed by atoms with E-state index in [2.05, 4.69) is 10.6 Å². The van der Waals surface area contributed by atoms with Crippen LogP contribution < -0.4 is 21.1 Å². The number of methoxy groups -OCH3 is 1. The third-order valence-corrected chi connectivity index (χ3v) is 4.33. The quantitative estimate of drug-likeness (QED) is 0.651. The average molecular weight is 370 g/mol. The number of halogens is 1. The van der Waals surface area contributed by atoms with Crippen molar-refractivity contribution in [3.63, 3.8) is 0 Å². The number of nitrogens with two attached hydrogens (primary N) is 1. The Labute approximate surface area is 155 Å². The molecule has 1 aliphatic rings. The summed E-state index contributed by atoms with van der Waals surface area (Å²) in [5.41, 5.74) is 6.82. The molecule has 1 fully saturated rings. The van der Waals surface area contributed by atoms with Gasteiger partial charge in [0.15, 0.2) is 0 Å². The van der Waals surface area contributed by atoms with Crippen LogP contribution in [0.1, 0.15) is 38.3 Å². The average Bonchev–Trinajstić information content (AvgIpc) is 3.41. The van der Waals surface area contributed by atoms with Crippen molar-refractivity contribution in [2.75, 3.05) is 13.7 Å². The van der Waals surface area contributed by atoms with E-state index in [0.29, 0.717) is 5.92 Å². The minimum absolute atomic E-state index is 0. The van der Waals surface area contributed by atoms with Gasteiger partial charge in [-0.3, -0.25) is 9.59 Å². The molecule has 0 aliphatic heterocycles. The van der Waals surface area contributed by atoms with Gasteiger partial charge in [0.05, 0.1) is 25.7 Å². The van der Waals surface area contributed by atoms with Crippen LogP contribution in [0.25, 0.3) is 0 Å². The molecule has 0 aromatic heterocycles. The summed E-state index contributed by atoms with van der Waals surface area (Å²) in [4.78, 5) is 24.0. The standard InChI is InChI=1S/C18H27N3O3.ClH/c1-11(2)16(19)18(23)20-10-15(22)21-17(12-4-5-12)13-6-8-14(24-3)9-7-13;/h6-9,11-12,16-17H,4-5,10,19H2,1-3H3,(H,20,23)(H,21,22);1H/t16-,17?;/m0./s1. The first-order valence-corrected chi connectivity index (χ1v) is 8.39. The lowest BCUT2D eigenvalue weighted by atomic mass is 10.0. The molecular formula is C18H28ClN3O3. The van der Waals surface area contributed by atoms with Crippen LogP contribution in [-0.2, 0) is 9.59 Å². The summed E-state index contributed by atoms with van der Waals surface area (Å²) in [6.45, 7) is 3.69. The van der Waals surface area contributed by atoms with Crippen LogP contribution in [0, 0.1) is 11.8 Å². The van der Waals surface area contributed by atoms with E-state index in [-0.39, 0.29) is 42.7 Å². The van der Waals surface area contributed by atoms with Crippen molar-refractivity contribution in [3.05, 3.63) is 29.8 Å². The molecule has 1 saturated carbocycles. The number of hydrogen-bond donors (Lipinski definition) is 3. The molecule has 7 heteroatoms. The lowest BCUT2D eigenvalue weighted by Gasteiger charge is -2.20. The second-order valence-corrected chi connectivity index (χ2v) is 6.64. The van der Waals surface area contributed by atoms with Crippen LogP contribution >= 0.6 is 12.4 Å². The first-order valence-electron chi connectivity index (χ1n) is 8.39. The van der Waals surface area contributed by atoms with Crippen molar-refractivity contribution in [1.29, 1.82) is 0 Å². The Hall–Kier alpha value is -1.79. The number of ether oxygens (including phenoxy) is 1. The highest BCUT2D eigenvalue weighted by molar-refractivity contribution is 5.87. The molecule has 4 N–H and O–H groups in total. The maximum absolute atomic E-state index is 12.2. The Kier molecular flexibility index (Phi) is 8.19. The van der Waals surface area contributed by atoms with Gasteiger partial charge in [0.25, 0.3) is 0 Å². The highest BCUT2D eigenvalue weighted by Gasteiger charge is 2.33. The summed E-state index contributed by atoms with van der Waals surface area (Å²) < 4.78 is 5.17. The summed E-state index contributed by atoms with van der Waals surface area (Å²) in [5, 5.41) is 5.62. The van der Waals surface area contributed by atoms with Crippen molar-refractivity contribution < 1.29 is 14.3 Å². The molecule has 1 aromatic carbocycles. The summed E-state index contributed by atoms with van der Waals surface area (Å²) in [7, 11) is 1.62. The van der Waals surface area contributed by atoms with Gasteiger partial charge in [-0.1, -0.05) is 26.0 Å². The van der Waals surface area contributed by atoms with Crippen LogP contribution in [0.15, 0.2) is 24.3 Å². The van der Waals surface area contributed by atoms with E-state index in [0.717, 1.165) is 24.2 Å². The van der Waals surface area contributed by atoms with Crippen molar-refractivity contribution in [2.45, 2.75) is 38.8 Å². The Morgan fingerprint density at radius 2 is 1.84 bits per heavy atom. The Bertz CT molecular complexity index is 573. The van der Waals surface area contributed by atoms with Gasteiger partial charge in [0, 0.05) is 0 Å². The maximum atomic E-state index is 12.2. The van der Waals surface area contributed by atoms with Crippen LogP contribution in [0.2, 0.25) is 0 Å². The van der Waals surface area contributed by atoms with Crippen molar-refractivity contribution >= 4 is 24.2 Å². The third kappa shape index (κ3) is 6.21. The van der Waals surface area contributed by atoms with Gasteiger partial charge in [-0.05, 0) is 42.4 Å².